The first kappa shape index (κ1) is 18.7. The third-order valence-corrected chi connectivity index (χ3v) is 4.61. The molecule has 1 fully saturated rings. The third-order valence-electron chi connectivity index (χ3n) is 4.61. The molecule has 1 aromatic heterocycles. The number of pyridine rings is 1. The molecule has 1 unspecified atom stereocenters. The SMILES string of the molecule is CC(NC(=O)N1CCN(c2ccccc2)CC1)C(=O)NCc1cccnc1. The molecule has 27 heavy (non-hydrogen) atoms. The van der Waals surface area contributed by atoms with Gasteiger partial charge in [0.05, 0.1) is 0 Å². The second-order valence-electron chi connectivity index (χ2n) is 6.56. The standard InChI is InChI=1S/C20H25N5O2/c1-16(19(26)22-15-17-6-5-9-21-14-17)23-20(27)25-12-10-24(11-13-25)18-7-3-2-4-8-18/h2-9,14,16H,10-13,15H2,1H3,(H,22,26)(H,23,27). The Morgan fingerprint density at radius 3 is 2.48 bits per heavy atom. The van der Waals surface area contributed by atoms with E-state index in [-0.39, 0.29) is 11.9 Å². The molecular weight excluding hydrogens is 342 g/mol. The van der Waals surface area contributed by atoms with E-state index in [0.29, 0.717) is 19.6 Å². The van der Waals surface area contributed by atoms with Crippen LogP contribution in [-0.4, -0.2) is 54.0 Å². The molecule has 3 amide bonds. The second-order valence-corrected chi connectivity index (χ2v) is 6.56. The minimum Gasteiger partial charge on any atom is -0.368 e. The van der Waals surface area contributed by atoms with Gasteiger partial charge in [-0.1, -0.05) is 24.3 Å². The minimum absolute atomic E-state index is 0.202. The van der Waals surface area contributed by atoms with E-state index in [1.807, 2.05) is 30.3 Å². The molecule has 0 spiro atoms. The lowest BCUT2D eigenvalue weighted by molar-refractivity contribution is -0.122. The number of benzene rings is 1. The second kappa shape index (κ2) is 9.02. The van der Waals surface area contributed by atoms with Crippen LogP contribution < -0.4 is 15.5 Å². The molecule has 1 aromatic carbocycles. The van der Waals surface area contributed by atoms with Gasteiger partial charge in [0.2, 0.25) is 5.91 Å². The van der Waals surface area contributed by atoms with Crippen molar-refractivity contribution in [2.45, 2.75) is 19.5 Å². The summed E-state index contributed by atoms with van der Waals surface area (Å²) in [7, 11) is 0. The summed E-state index contributed by atoms with van der Waals surface area (Å²) in [6.07, 6.45) is 3.39. The summed E-state index contributed by atoms with van der Waals surface area (Å²) >= 11 is 0. The first-order chi connectivity index (χ1) is 13.1. The number of anilines is 1. The highest BCUT2D eigenvalue weighted by atomic mass is 16.2. The van der Waals surface area contributed by atoms with E-state index < -0.39 is 6.04 Å². The van der Waals surface area contributed by atoms with E-state index in [2.05, 4.69) is 32.7 Å². The van der Waals surface area contributed by atoms with Crippen molar-refractivity contribution in [1.82, 2.24) is 20.5 Å². The Kier molecular flexibility index (Phi) is 6.25. The lowest BCUT2D eigenvalue weighted by Gasteiger charge is -2.36. The molecule has 1 saturated heterocycles. The van der Waals surface area contributed by atoms with Crippen LogP contribution in [0.4, 0.5) is 10.5 Å². The van der Waals surface area contributed by atoms with E-state index >= 15 is 0 Å². The van der Waals surface area contributed by atoms with E-state index in [0.717, 1.165) is 18.7 Å². The van der Waals surface area contributed by atoms with Gasteiger partial charge in [-0.05, 0) is 30.7 Å². The van der Waals surface area contributed by atoms with Gasteiger partial charge in [-0.2, -0.15) is 0 Å². The van der Waals surface area contributed by atoms with E-state index in [9.17, 15) is 9.59 Å². The number of carbonyl (C=O) groups excluding carboxylic acids is 2. The van der Waals surface area contributed by atoms with Gasteiger partial charge < -0.3 is 20.4 Å². The van der Waals surface area contributed by atoms with Crippen molar-refractivity contribution in [3.8, 4) is 0 Å². The average Bonchev–Trinajstić information content (AvgIpc) is 2.73. The topological polar surface area (TPSA) is 77.6 Å². The van der Waals surface area contributed by atoms with Gasteiger partial charge >= 0.3 is 6.03 Å². The van der Waals surface area contributed by atoms with Gasteiger partial charge in [-0.3, -0.25) is 9.78 Å². The summed E-state index contributed by atoms with van der Waals surface area (Å²) in [5.74, 6) is -0.213. The van der Waals surface area contributed by atoms with Gasteiger partial charge in [0.1, 0.15) is 6.04 Å². The quantitative estimate of drug-likeness (QED) is 0.842. The Bertz CT molecular complexity index is 745. The van der Waals surface area contributed by atoms with Crippen molar-refractivity contribution >= 4 is 17.6 Å². The monoisotopic (exact) mass is 367 g/mol. The number of urea groups is 1. The van der Waals surface area contributed by atoms with Crippen LogP contribution in [0, 0.1) is 0 Å². The molecule has 7 heteroatoms. The predicted octanol–water partition coefficient (Wildman–Crippen LogP) is 1.62. The van der Waals surface area contributed by atoms with Crippen molar-refractivity contribution in [3.05, 3.63) is 60.4 Å². The number of amides is 3. The number of hydrogen-bond donors (Lipinski definition) is 2. The summed E-state index contributed by atoms with van der Waals surface area (Å²) in [6, 6.07) is 13.1. The number of carbonyl (C=O) groups is 2. The molecule has 1 aliphatic rings. The maximum atomic E-state index is 12.4. The minimum atomic E-state index is -0.596. The van der Waals surface area contributed by atoms with Crippen LogP contribution in [-0.2, 0) is 11.3 Å². The Morgan fingerprint density at radius 1 is 1.07 bits per heavy atom. The van der Waals surface area contributed by atoms with E-state index in [1.165, 1.54) is 5.69 Å². The maximum absolute atomic E-state index is 12.4. The number of nitrogens with zero attached hydrogens (tertiary/aromatic N) is 3. The molecule has 1 aliphatic heterocycles. The average molecular weight is 367 g/mol. The van der Waals surface area contributed by atoms with E-state index in [4.69, 9.17) is 0 Å². The summed E-state index contributed by atoms with van der Waals surface area (Å²) in [4.78, 5) is 32.7. The fourth-order valence-electron chi connectivity index (χ4n) is 2.99. The highest BCUT2D eigenvalue weighted by Crippen LogP contribution is 2.15. The molecule has 3 rings (SSSR count). The summed E-state index contributed by atoms with van der Waals surface area (Å²) < 4.78 is 0. The molecule has 0 radical (unpaired) electrons. The first-order valence-electron chi connectivity index (χ1n) is 9.15. The fraction of sp³-hybridized carbons (Fsp3) is 0.350. The van der Waals surface area contributed by atoms with Gasteiger partial charge in [0, 0.05) is 50.8 Å². The highest BCUT2D eigenvalue weighted by molar-refractivity contribution is 5.86. The normalized spacial score (nSPS) is 15.1. The molecule has 0 bridgehead atoms. The lowest BCUT2D eigenvalue weighted by atomic mass is 10.2. The number of hydrogen-bond acceptors (Lipinski definition) is 4. The zero-order valence-corrected chi connectivity index (χ0v) is 15.5. The van der Waals surface area contributed by atoms with Crippen LogP contribution in [0.25, 0.3) is 0 Å². The zero-order valence-electron chi connectivity index (χ0n) is 15.5. The number of rotatable bonds is 5. The molecule has 2 aromatic rings. The van der Waals surface area contributed by atoms with Crippen LogP contribution in [0.1, 0.15) is 12.5 Å². The summed E-state index contributed by atoms with van der Waals surface area (Å²) in [6.45, 7) is 4.90. The first-order valence-corrected chi connectivity index (χ1v) is 9.15. The van der Waals surface area contributed by atoms with Crippen molar-refractivity contribution in [3.63, 3.8) is 0 Å². The largest absolute Gasteiger partial charge is 0.368 e. The number of aromatic nitrogens is 1. The Morgan fingerprint density at radius 2 is 1.81 bits per heavy atom. The summed E-state index contributed by atoms with van der Waals surface area (Å²) in [5, 5.41) is 5.60. The molecule has 2 N–H and O–H groups in total. The Hall–Kier alpha value is -3.09. The molecule has 0 aliphatic carbocycles. The van der Waals surface area contributed by atoms with Crippen LogP contribution in [0.2, 0.25) is 0 Å². The smallest absolute Gasteiger partial charge is 0.318 e. The van der Waals surface area contributed by atoms with Crippen LogP contribution in [0.5, 0.6) is 0 Å². The van der Waals surface area contributed by atoms with E-state index in [1.54, 1.807) is 24.2 Å². The fourth-order valence-corrected chi connectivity index (χ4v) is 2.99. The lowest BCUT2D eigenvalue weighted by Crippen LogP contribution is -2.55. The van der Waals surface area contributed by atoms with Gasteiger partial charge in [-0.15, -0.1) is 0 Å². The predicted molar refractivity (Wildman–Crippen MR) is 104 cm³/mol. The van der Waals surface area contributed by atoms with Crippen LogP contribution in [0.15, 0.2) is 54.9 Å². The summed E-state index contributed by atoms with van der Waals surface area (Å²) in [5.41, 5.74) is 2.09. The molecular formula is C20H25N5O2. The van der Waals surface area contributed by atoms with Crippen molar-refractivity contribution in [1.29, 1.82) is 0 Å². The van der Waals surface area contributed by atoms with Crippen molar-refractivity contribution < 1.29 is 9.59 Å². The van der Waals surface area contributed by atoms with Crippen LogP contribution >= 0.6 is 0 Å². The molecule has 2 heterocycles. The van der Waals surface area contributed by atoms with Crippen LogP contribution in [0.3, 0.4) is 0 Å². The van der Waals surface area contributed by atoms with Gasteiger partial charge in [-0.25, -0.2) is 4.79 Å². The Labute approximate surface area is 159 Å². The zero-order chi connectivity index (χ0) is 19.1. The molecule has 142 valence electrons. The third kappa shape index (κ3) is 5.20. The molecule has 1 atom stereocenters. The van der Waals surface area contributed by atoms with Gasteiger partial charge in [0.25, 0.3) is 0 Å². The number of para-hydroxylation sites is 1. The number of nitrogens with one attached hydrogen (secondary N) is 2. The van der Waals surface area contributed by atoms with Gasteiger partial charge in [0.15, 0.2) is 0 Å². The van der Waals surface area contributed by atoms with Crippen molar-refractivity contribution in [2.75, 3.05) is 31.1 Å². The highest BCUT2D eigenvalue weighted by Gasteiger charge is 2.24. The molecule has 0 saturated carbocycles. The number of piperazine rings is 1. The Balaban J connectivity index is 1.42. The molecule has 7 nitrogen and oxygen atoms in total. The maximum Gasteiger partial charge on any atom is 0.318 e. The van der Waals surface area contributed by atoms with Crippen molar-refractivity contribution in [2.24, 2.45) is 0 Å².